The Bertz CT molecular complexity index is 950. The van der Waals surface area contributed by atoms with E-state index in [1.807, 2.05) is 60.7 Å². The van der Waals surface area contributed by atoms with Gasteiger partial charge in [0.15, 0.2) is 11.5 Å². The Morgan fingerprint density at radius 3 is 1.92 bits per heavy atom. The maximum absolute atomic E-state index is 11.5. The molecular weight excluding hydrogens is 420 g/mol. The molecule has 0 radical (unpaired) electrons. The van der Waals surface area contributed by atoms with Crippen LogP contribution in [0.1, 0.15) is 21.5 Å². The molecule has 0 amide bonds. The van der Waals surface area contributed by atoms with Crippen molar-refractivity contribution in [3.8, 4) is 11.5 Å². The van der Waals surface area contributed by atoms with Crippen molar-refractivity contribution in [2.24, 2.45) is 0 Å². The average molecular weight is 432 g/mol. The topological polar surface area (TPSA) is 55.8 Å². The van der Waals surface area contributed by atoms with E-state index in [1.54, 1.807) is 0 Å². The first-order chi connectivity index (χ1) is 12.5. The van der Waals surface area contributed by atoms with E-state index in [1.165, 1.54) is 6.07 Å². The largest absolute Gasteiger partial charge is 0.478 e. The first-order valence-electron chi connectivity index (χ1n) is 7.77. The monoisotopic (exact) mass is 430 g/mol. The molecule has 0 spiro atoms. The number of hydrogen-bond acceptors (Lipinski definition) is 3. The van der Waals surface area contributed by atoms with E-state index in [0.717, 1.165) is 11.1 Å². The zero-order valence-electron chi connectivity index (χ0n) is 13.3. The molecule has 4 rings (SSSR count). The molecular formula is C20H12BrClO4. The smallest absolute Gasteiger partial charge is 0.337 e. The summed E-state index contributed by atoms with van der Waals surface area (Å²) in [5.74, 6) is -1.83. The molecule has 0 aromatic heterocycles. The van der Waals surface area contributed by atoms with Crippen molar-refractivity contribution >= 4 is 33.5 Å². The Morgan fingerprint density at radius 2 is 1.42 bits per heavy atom. The van der Waals surface area contributed by atoms with Gasteiger partial charge in [0.2, 0.25) is 0 Å². The molecule has 1 aliphatic rings. The van der Waals surface area contributed by atoms with E-state index in [4.69, 9.17) is 21.1 Å². The zero-order chi connectivity index (χ0) is 18.3. The fourth-order valence-electron chi connectivity index (χ4n) is 2.95. The van der Waals surface area contributed by atoms with Gasteiger partial charge in [-0.15, -0.1) is 0 Å². The minimum absolute atomic E-state index is 0.00411. The van der Waals surface area contributed by atoms with Crippen molar-refractivity contribution in [3.63, 3.8) is 0 Å². The summed E-state index contributed by atoms with van der Waals surface area (Å²) in [6.07, 6.45) is 0. The third-order valence-electron chi connectivity index (χ3n) is 4.16. The van der Waals surface area contributed by atoms with Crippen LogP contribution >= 0.6 is 27.5 Å². The number of aromatic carboxylic acids is 1. The molecule has 1 aliphatic heterocycles. The van der Waals surface area contributed by atoms with Gasteiger partial charge in [-0.25, -0.2) is 4.79 Å². The van der Waals surface area contributed by atoms with Crippen LogP contribution in [-0.4, -0.2) is 11.1 Å². The summed E-state index contributed by atoms with van der Waals surface area (Å²) in [4.78, 5) is 11.5. The average Bonchev–Trinajstić information content (AvgIpc) is 3.09. The number of ether oxygens (including phenoxy) is 2. The summed E-state index contributed by atoms with van der Waals surface area (Å²) in [6, 6.07) is 20.3. The summed E-state index contributed by atoms with van der Waals surface area (Å²) in [5, 5.41) is 9.39. The molecule has 0 bridgehead atoms. The molecule has 0 fully saturated rings. The van der Waals surface area contributed by atoms with Crippen LogP contribution < -0.4 is 9.47 Å². The van der Waals surface area contributed by atoms with E-state index in [2.05, 4.69) is 15.9 Å². The second-order valence-corrected chi connectivity index (χ2v) is 6.97. The Hall–Kier alpha value is -2.50. The molecule has 130 valence electrons. The van der Waals surface area contributed by atoms with Gasteiger partial charge in [-0.3, -0.25) is 0 Å². The van der Waals surface area contributed by atoms with Crippen molar-refractivity contribution in [2.45, 2.75) is 5.79 Å². The molecule has 6 heteroatoms. The predicted molar refractivity (Wildman–Crippen MR) is 101 cm³/mol. The number of carboxylic acid groups (broad SMARTS) is 1. The Balaban J connectivity index is 1.95. The molecule has 1 heterocycles. The molecule has 0 atom stereocenters. The number of rotatable bonds is 3. The van der Waals surface area contributed by atoms with Crippen molar-refractivity contribution < 1.29 is 19.4 Å². The molecule has 0 saturated carbocycles. The lowest BCUT2D eigenvalue weighted by molar-refractivity contribution is -0.0461. The number of carboxylic acids is 1. The number of benzene rings is 3. The normalized spacial score (nSPS) is 14.2. The first kappa shape index (κ1) is 16.9. The van der Waals surface area contributed by atoms with E-state index in [0.29, 0.717) is 10.2 Å². The standard InChI is InChI=1S/C20H12BrClO4/c21-15-11-14(19(23)24)16(22)18-17(15)25-20(26-18,12-7-3-1-4-8-12)13-9-5-2-6-10-13/h1-11H,(H,23,24). The van der Waals surface area contributed by atoms with Gasteiger partial charge in [0.1, 0.15) is 5.02 Å². The number of hydrogen-bond donors (Lipinski definition) is 1. The van der Waals surface area contributed by atoms with Crippen LogP contribution in [0.5, 0.6) is 11.5 Å². The summed E-state index contributed by atoms with van der Waals surface area (Å²) >= 11 is 9.69. The van der Waals surface area contributed by atoms with Gasteiger partial charge < -0.3 is 14.6 Å². The lowest BCUT2D eigenvalue weighted by Crippen LogP contribution is -2.36. The first-order valence-corrected chi connectivity index (χ1v) is 8.94. The molecule has 0 unspecified atom stereocenters. The van der Waals surface area contributed by atoms with Crippen molar-refractivity contribution in [1.82, 2.24) is 0 Å². The van der Waals surface area contributed by atoms with Crippen LogP contribution in [0.25, 0.3) is 0 Å². The van der Waals surface area contributed by atoms with Gasteiger partial charge in [0.05, 0.1) is 10.0 Å². The quantitative estimate of drug-likeness (QED) is 0.597. The van der Waals surface area contributed by atoms with E-state index >= 15 is 0 Å². The van der Waals surface area contributed by atoms with Gasteiger partial charge in [0, 0.05) is 11.1 Å². The minimum Gasteiger partial charge on any atom is -0.478 e. The molecule has 1 N–H and O–H groups in total. The number of carbonyl (C=O) groups is 1. The summed E-state index contributed by atoms with van der Waals surface area (Å²) in [6.45, 7) is 0. The Kier molecular flexibility index (Phi) is 4.13. The Labute approximate surface area is 163 Å². The van der Waals surface area contributed by atoms with Gasteiger partial charge >= 0.3 is 11.8 Å². The molecule has 3 aromatic carbocycles. The number of fused-ring (bicyclic) bond motifs is 1. The predicted octanol–water partition coefficient (Wildman–Crippen LogP) is 5.47. The summed E-state index contributed by atoms with van der Waals surface area (Å²) in [7, 11) is 0. The van der Waals surface area contributed by atoms with Crippen LogP contribution in [0.3, 0.4) is 0 Å². The zero-order valence-corrected chi connectivity index (χ0v) is 15.6. The third-order valence-corrected chi connectivity index (χ3v) is 5.12. The number of halogens is 2. The van der Waals surface area contributed by atoms with E-state index in [9.17, 15) is 9.90 Å². The van der Waals surface area contributed by atoms with Crippen molar-refractivity contribution in [2.75, 3.05) is 0 Å². The molecule has 3 aromatic rings. The lowest BCUT2D eigenvalue weighted by Gasteiger charge is -2.28. The second-order valence-electron chi connectivity index (χ2n) is 5.74. The summed E-state index contributed by atoms with van der Waals surface area (Å²) < 4.78 is 12.9. The lowest BCUT2D eigenvalue weighted by atomic mass is 9.97. The maximum atomic E-state index is 11.5. The maximum Gasteiger partial charge on any atom is 0.337 e. The second kappa shape index (κ2) is 6.34. The Morgan fingerprint density at radius 1 is 0.923 bits per heavy atom. The van der Waals surface area contributed by atoms with Crippen LogP contribution in [-0.2, 0) is 5.79 Å². The fraction of sp³-hybridized carbons (Fsp3) is 0.0500. The van der Waals surface area contributed by atoms with Crippen molar-refractivity contribution in [3.05, 3.63) is 92.9 Å². The SMILES string of the molecule is O=C(O)c1cc(Br)c2c(c1Cl)OC(c1ccccc1)(c1ccccc1)O2. The van der Waals surface area contributed by atoms with Gasteiger partial charge in [-0.05, 0) is 22.0 Å². The van der Waals surface area contributed by atoms with Crippen LogP contribution in [0.4, 0.5) is 0 Å². The minimum atomic E-state index is -1.26. The van der Waals surface area contributed by atoms with Gasteiger partial charge in [0.25, 0.3) is 0 Å². The fourth-order valence-corrected chi connectivity index (χ4v) is 3.70. The highest BCUT2D eigenvalue weighted by Crippen LogP contribution is 2.54. The highest BCUT2D eigenvalue weighted by molar-refractivity contribution is 9.10. The molecule has 4 nitrogen and oxygen atoms in total. The molecule has 26 heavy (non-hydrogen) atoms. The molecule has 0 aliphatic carbocycles. The van der Waals surface area contributed by atoms with Crippen LogP contribution in [0.2, 0.25) is 5.02 Å². The van der Waals surface area contributed by atoms with E-state index < -0.39 is 11.8 Å². The van der Waals surface area contributed by atoms with Gasteiger partial charge in [-0.2, -0.15) is 0 Å². The van der Waals surface area contributed by atoms with E-state index in [-0.39, 0.29) is 16.3 Å². The van der Waals surface area contributed by atoms with Crippen molar-refractivity contribution in [1.29, 1.82) is 0 Å². The third kappa shape index (κ3) is 2.55. The highest BCUT2D eigenvalue weighted by Gasteiger charge is 2.47. The summed E-state index contributed by atoms with van der Waals surface area (Å²) in [5.41, 5.74) is 1.47. The van der Waals surface area contributed by atoms with Gasteiger partial charge in [-0.1, -0.05) is 72.3 Å². The highest BCUT2D eigenvalue weighted by atomic mass is 79.9. The van der Waals surface area contributed by atoms with Crippen LogP contribution in [0.15, 0.2) is 71.2 Å². The molecule has 0 saturated heterocycles. The van der Waals surface area contributed by atoms with Crippen LogP contribution in [0, 0.1) is 0 Å².